The minimum atomic E-state index is -0.836. The lowest BCUT2D eigenvalue weighted by atomic mass is 10.2. The quantitative estimate of drug-likeness (QED) is 0.859. The van der Waals surface area contributed by atoms with E-state index in [-0.39, 0.29) is 17.9 Å². The zero-order valence-electron chi connectivity index (χ0n) is 12.2. The molecule has 1 aliphatic heterocycles. The fourth-order valence-electron chi connectivity index (χ4n) is 2.29. The van der Waals surface area contributed by atoms with Crippen molar-refractivity contribution in [2.24, 2.45) is 5.92 Å². The van der Waals surface area contributed by atoms with E-state index >= 15 is 0 Å². The summed E-state index contributed by atoms with van der Waals surface area (Å²) in [5, 5.41) is 2.79. The topological polar surface area (TPSA) is 81.7 Å². The molecule has 116 valence electrons. The predicted molar refractivity (Wildman–Crippen MR) is 77.2 cm³/mol. The summed E-state index contributed by atoms with van der Waals surface area (Å²) >= 11 is 0. The van der Waals surface area contributed by atoms with E-state index in [9.17, 15) is 14.4 Å². The summed E-state index contributed by atoms with van der Waals surface area (Å²) in [4.78, 5) is 35.1. The van der Waals surface area contributed by atoms with Crippen LogP contribution in [0.1, 0.15) is 36.5 Å². The molecule has 2 fully saturated rings. The molecule has 1 saturated carbocycles. The Kier molecular flexibility index (Phi) is 3.83. The molecule has 0 unspecified atom stereocenters. The molecule has 22 heavy (non-hydrogen) atoms. The summed E-state index contributed by atoms with van der Waals surface area (Å²) in [5.41, 5.74) is 0.971. The van der Waals surface area contributed by atoms with Gasteiger partial charge in [0.25, 0.3) is 0 Å². The van der Waals surface area contributed by atoms with Crippen LogP contribution in [0.5, 0.6) is 0 Å². The van der Waals surface area contributed by atoms with Crippen LogP contribution in [0.25, 0.3) is 0 Å². The third-order valence-electron chi connectivity index (χ3n) is 3.71. The minimum Gasteiger partial charge on any atom is -0.460 e. The number of hydrogen-bond acceptors (Lipinski definition) is 5. The minimum absolute atomic E-state index is 0.0121. The smallest absolute Gasteiger partial charge is 0.347 e. The lowest BCUT2D eigenvalue weighted by molar-refractivity contribution is -0.147. The summed E-state index contributed by atoms with van der Waals surface area (Å²) in [6.45, 7) is 1.75. The first-order valence-electron chi connectivity index (χ1n) is 7.35. The molecule has 1 aromatic carbocycles. The lowest BCUT2D eigenvalue weighted by Gasteiger charge is -2.09. The van der Waals surface area contributed by atoms with E-state index in [4.69, 9.17) is 9.47 Å². The number of hydrogen-bond donors (Lipinski definition) is 1. The van der Waals surface area contributed by atoms with Gasteiger partial charge in [-0.25, -0.2) is 9.59 Å². The Bertz CT molecular complexity index is 605. The molecular formula is C16H17NO5. The molecular weight excluding hydrogens is 286 g/mol. The van der Waals surface area contributed by atoms with Crippen molar-refractivity contribution in [3.05, 3.63) is 29.8 Å². The molecule has 1 saturated heterocycles. The first kappa shape index (κ1) is 14.6. The molecule has 0 aromatic heterocycles. The van der Waals surface area contributed by atoms with Crippen LogP contribution < -0.4 is 5.32 Å². The molecule has 1 aliphatic carbocycles. The number of ether oxygens (including phenoxy) is 2. The van der Waals surface area contributed by atoms with E-state index in [0.717, 1.165) is 12.8 Å². The average Bonchev–Trinajstić information content (AvgIpc) is 3.27. The number of anilines is 1. The van der Waals surface area contributed by atoms with Gasteiger partial charge >= 0.3 is 11.9 Å². The number of benzene rings is 1. The van der Waals surface area contributed by atoms with Crippen LogP contribution in [0.2, 0.25) is 0 Å². The Hall–Kier alpha value is -2.37. The Labute approximate surface area is 127 Å². The Morgan fingerprint density at radius 1 is 1.23 bits per heavy atom. The van der Waals surface area contributed by atoms with Crippen LogP contribution in [-0.2, 0) is 19.1 Å². The van der Waals surface area contributed by atoms with Crippen LogP contribution in [0.4, 0.5) is 5.69 Å². The molecule has 3 rings (SSSR count). The van der Waals surface area contributed by atoms with Crippen LogP contribution in [0, 0.1) is 5.92 Å². The molecule has 2 aliphatic rings. The van der Waals surface area contributed by atoms with Crippen molar-refractivity contribution < 1.29 is 23.9 Å². The fraction of sp³-hybridized carbons (Fsp3) is 0.438. The number of esters is 2. The highest BCUT2D eigenvalue weighted by atomic mass is 16.6. The first-order chi connectivity index (χ1) is 10.5. The van der Waals surface area contributed by atoms with Crippen molar-refractivity contribution in [2.75, 3.05) is 5.32 Å². The SMILES string of the molecule is C[C@H]1C[C@@H](OC(=O)c2ccc(NC(=O)C3CC3)cc2)C(=O)O1. The molecule has 1 heterocycles. The van der Waals surface area contributed by atoms with Crippen molar-refractivity contribution in [1.29, 1.82) is 0 Å². The number of carbonyl (C=O) groups is 3. The highest BCUT2D eigenvalue weighted by Gasteiger charge is 2.35. The van der Waals surface area contributed by atoms with Crippen LogP contribution in [0.15, 0.2) is 24.3 Å². The zero-order valence-corrected chi connectivity index (χ0v) is 12.2. The van der Waals surface area contributed by atoms with E-state index in [0.29, 0.717) is 17.7 Å². The Balaban J connectivity index is 1.58. The van der Waals surface area contributed by atoms with E-state index in [1.165, 1.54) is 0 Å². The summed E-state index contributed by atoms with van der Waals surface area (Å²) < 4.78 is 10.1. The van der Waals surface area contributed by atoms with Gasteiger partial charge in [-0.1, -0.05) is 0 Å². The molecule has 1 amide bonds. The second-order valence-electron chi connectivity index (χ2n) is 5.72. The first-order valence-corrected chi connectivity index (χ1v) is 7.35. The second kappa shape index (κ2) is 5.79. The average molecular weight is 303 g/mol. The maximum Gasteiger partial charge on any atom is 0.347 e. The van der Waals surface area contributed by atoms with Crippen molar-refractivity contribution in [3.63, 3.8) is 0 Å². The monoisotopic (exact) mass is 303 g/mol. The summed E-state index contributed by atoms with van der Waals surface area (Å²) in [5.74, 6) is -0.941. The zero-order chi connectivity index (χ0) is 15.7. The number of nitrogens with one attached hydrogen (secondary N) is 1. The molecule has 0 radical (unpaired) electrons. The van der Waals surface area contributed by atoms with Crippen molar-refractivity contribution >= 4 is 23.5 Å². The lowest BCUT2D eigenvalue weighted by Crippen LogP contribution is -2.22. The fourth-order valence-corrected chi connectivity index (χ4v) is 2.29. The molecule has 0 bridgehead atoms. The predicted octanol–water partition coefficient (Wildman–Crippen LogP) is 1.90. The summed E-state index contributed by atoms with van der Waals surface area (Å²) in [6.07, 6.45) is 1.18. The second-order valence-corrected chi connectivity index (χ2v) is 5.72. The molecule has 1 N–H and O–H groups in total. The van der Waals surface area contributed by atoms with Crippen molar-refractivity contribution in [2.45, 2.75) is 38.4 Å². The number of carbonyl (C=O) groups excluding carboxylic acids is 3. The number of cyclic esters (lactones) is 1. The number of rotatable bonds is 4. The van der Waals surface area contributed by atoms with Gasteiger partial charge < -0.3 is 14.8 Å². The van der Waals surface area contributed by atoms with E-state index < -0.39 is 18.0 Å². The largest absolute Gasteiger partial charge is 0.460 e. The van der Waals surface area contributed by atoms with Gasteiger partial charge in [-0.05, 0) is 44.0 Å². The maximum atomic E-state index is 12.0. The molecule has 0 spiro atoms. The highest BCUT2D eigenvalue weighted by molar-refractivity contribution is 5.95. The van der Waals surface area contributed by atoms with Crippen LogP contribution in [-0.4, -0.2) is 30.1 Å². The van der Waals surface area contributed by atoms with E-state index in [1.807, 2.05) is 0 Å². The third kappa shape index (κ3) is 3.27. The van der Waals surface area contributed by atoms with Gasteiger partial charge in [0.1, 0.15) is 6.10 Å². The van der Waals surface area contributed by atoms with Gasteiger partial charge in [-0.15, -0.1) is 0 Å². The summed E-state index contributed by atoms with van der Waals surface area (Å²) in [6, 6.07) is 6.42. The van der Waals surface area contributed by atoms with Gasteiger partial charge in [0.15, 0.2) is 0 Å². The highest BCUT2D eigenvalue weighted by Crippen LogP contribution is 2.30. The van der Waals surface area contributed by atoms with Gasteiger partial charge in [0.2, 0.25) is 12.0 Å². The normalized spacial score (nSPS) is 23.8. The van der Waals surface area contributed by atoms with Crippen LogP contribution >= 0.6 is 0 Å². The van der Waals surface area contributed by atoms with Gasteiger partial charge in [-0.2, -0.15) is 0 Å². The van der Waals surface area contributed by atoms with Crippen molar-refractivity contribution in [1.82, 2.24) is 0 Å². The Morgan fingerprint density at radius 3 is 2.45 bits per heavy atom. The molecule has 2 atom stereocenters. The number of amides is 1. The summed E-state index contributed by atoms with van der Waals surface area (Å²) in [7, 11) is 0. The van der Waals surface area contributed by atoms with Crippen LogP contribution in [0.3, 0.4) is 0 Å². The van der Waals surface area contributed by atoms with Gasteiger partial charge in [0.05, 0.1) is 5.56 Å². The van der Waals surface area contributed by atoms with E-state index in [1.54, 1.807) is 31.2 Å². The standard InChI is InChI=1S/C16H17NO5/c1-9-8-13(16(20)21-9)22-15(19)11-4-6-12(7-5-11)17-14(18)10-2-3-10/h4-7,9-10,13H,2-3,8H2,1H3,(H,17,18)/t9-,13+/m0/s1. The third-order valence-corrected chi connectivity index (χ3v) is 3.71. The van der Waals surface area contributed by atoms with Crippen molar-refractivity contribution in [3.8, 4) is 0 Å². The molecule has 6 nitrogen and oxygen atoms in total. The van der Waals surface area contributed by atoms with Gasteiger partial charge in [-0.3, -0.25) is 4.79 Å². The Morgan fingerprint density at radius 2 is 1.91 bits per heavy atom. The van der Waals surface area contributed by atoms with Gasteiger partial charge in [0, 0.05) is 18.0 Å². The maximum absolute atomic E-state index is 12.0. The molecule has 6 heteroatoms. The molecule has 1 aromatic rings. The van der Waals surface area contributed by atoms with E-state index in [2.05, 4.69) is 5.32 Å².